The van der Waals surface area contributed by atoms with Crippen LogP contribution in [0.15, 0.2) is 48.5 Å². The van der Waals surface area contributed by atoms with E-state index in [1.807, 2.05) is 37.3 Å². The number of amides is 1. The zero-order chi connectivity index (χ0) is 19.2. The lowest BCUT2D eigenvalue weighted by atomic mass is 9.97. The Morgan fingerprint density at radius 2 is 2.04 bits per heavy atom. The smallest absolute Gasteiger partial charge is 0.313 e. The molecule has 2 atom stereocenters. The summed E-state index contributed by atoms with van der Waals surface area (Å²) in [5, 5.41) is 3.39. The van der Waals surface area contributed by atoms with Gasteiger partial charge in [0.25, 0.3) is 5.91 Å². The molecule has 0 saturated heterocycles. The van der Waals surface area contributed by atoms with Crippen molar-refractivity contribution in [1.82, 2.24) is 5.32 Å². The summed E-state index contributed by atoms with van der Waals surface area (Å²) < 4.78 is 10.7. The van der Waals surface area contributed by atoms with E-state index < -0.39 is 11.9 Å². The number of nitrogens with one attached hydrogen (secondary N) is 1. The van der Waals surface area contributed by atoms with Crippen LogP contribution in [-0.4, -0.2) is 31.6 Å². The highest BCUT2D eigenvalue weighted by atomic mass is 35.5. The second-order valence-corrected chi connectivity index (χ2v) is 7.12. The standard InChI is InChI=1S/C21H22ClNO4/c1-14(15-5-3-2-4-6-15)11-23-20(24)13-27-21(25)17-9-16-10-18(22)7-8-19(16)26-12-17/h2-8,10,14,17H,9,11-13H2,1H3,(H,23,24)/t14-,17+/m0/s1. The first-order valence-corrected chi connectivity index (χ1v) is 9.30. The van der Waals surface area contributed by atoms with Crippen LogP contribution in [0.25, 0.3) is 0 Å². The Balaban J connectivity index is 1.43. The molecule has 1 aliphatic rings. The van der Waals surface area contributed by atoms with E-state index in [9.17, 15) is 9.59 Å². The summed E-state index contributed by atoms with van der Waals surface area (Å²) in [6, 6.07) is 15.2. The lowest BCUT2D eigenvalue weighted by Crippen LogP contribution is -2.35. The largest absolute Gasteiger partial charge is 0.492 e. The summed E-state index contributed by atoms with van der Waals surface area (Å²) in [5.74, 6) is -0.278. The third-order valence-corrected chi connectivity index (χ3v) is 4.82. The molecule has 0 saturated carbocycles. The van der Waals surface area contributed by atoms with Crippen LogP contribution in [0.2, 0.25) is 5.02 Å². The zero-order valence-electron chi connectivity index (χ0n) is 15.1. The van der Waals surface area contributed by atoms with Crippen LogP contribution >= 0.6 is 11.6 Å². The molecule has 0 fully saturated rings. The molecular formula is C21H22ClNO4. The van der Waals surface area contributed by atoms with E-state index in [0.717, 1.165) is 16.9 Å². The highest BCUT2D eigenvalue weighted by Gasteiger charge is 2.28. The van der Waals surface area contributed by atoms with Gasteiger partial charge in [-0.05, 0) is 41.7 Å². The summed E-state index contributed by atoms with van der Waals surface area (Å²) in [4.78, 5) is 24.2. The van der Waals surface area contributed by atoms with E-state index in [1.165, 1.54) is 0 Å². The number of benzene rings is 2. The molecule has 3 rings (SSSR count). The predicted octanol–water partition coefficient (Wildman–Crippen LogP) is 3.35. The average Bonchev–Trinajstić information content (AvgIpc) is 2.70. The molecule has 6 heteroatoms. The van der Waals surface area contributed by atoms with Gasteiger partial charge in [0.2, 0.25) is 0 Å². The van der Waals surface area contributed by atoms with Gasteiger partial charge in [-0.15, -0.1) is 0 Å². The predicted molar refractivity (Wildman–Crippen MR) is 103 cm³/mol. The van der Waals surface area contributed by atoms with Gasteiger partial charge in [-0.1, -0.05) is 48.9 Å². The number of rotatable bonds is 6. The van der Waals surface area contributed by atoms with Gasteiger partial charge in [-0.2, -0.15) is 0 Å². The van der Waals surface area contributed by atoms with E-state index in [0.29, 0.717) is 18.0 Å². The quantitative estimate of drug-likeness (QED) is 0.772. The molecule has 1 amide bonds. The summed E-state index contributed by atoms with van der Waals surface area (Å²) in [7, 11) is 0. The van der Waals surface area contributed by atoms with E-state index in [4.69, 9.17) is 21.1 Å². The van der Waals surface area contributed by atoms with Gasteiger partial charge in [0.05, 0.1) is 5.92 Å². The van der Waals surface area contributed by atoms with Crippen LogP contribution in [-0.2, 0) is 20.7 Å². The van der Waals surface area contributed by atoms with Gasteiger partial charge in [0, 0.05) is 11.6 Å². The number of fused-ring (bicyclic) bond motifs is 1. The van der Waals surface area contributed by atoms with Crippen molar-refractivity contribution in [3.8, 4) is 5.75 Å². The van der Waals surface area contributed by atoms with Crippen molar-refractivity contribution < 1.29 is 19.1 Å². The molecule has 0 bridgehead atoms. The fourth-order valence-electron chi connectivity index (χ4n) is 2.99. The molecule has 1 N–H and O–H groups in total. The van der Waals surface area contributed by atoms with Crippen molar-refractivity contribution in [2.75, 3.05) is 19.8 Å². The van der Waals surface area contributed by atoms with Crippen LogP contribution in [0.3, 0.4) is 0 Å². The molecule has 1 aliphatic heterocycles. The van der Waals surface area contributed by atoms with Crippen LogP contribution in [0.1, 0.15) is 24.0 Å². The van der Waals surface area contributed by atoms with E-state index in [-0.39, 0.29) is 25.0 Å². The SMILES string of the molecule is C[C@@H](CNC(=O)COC(=O)[C@H]1COc2ccc(Cl)cc2C1)c1ccccc1. The Labute approximate surface area is 163 Å². The number of halogens is 1. The molecule has 0 unspecified atom stereocenters. The Bertz CT molecular complexity index is 809. The third kappa shape index (κ3) is 5.23. The van der Waals surface area contributed by atoms with Gasteiger partial charge in [0.15, 0.2) is 6.61 Å². The van der Waals surface area contributed by atoms with Gasteiger partial charge < -0.3 is 14.8 Å². The topological polar surface area (TPSA) is 64.6 Å². The van der Waals surface area contributed by atoms with Crippen molar-refractivity contribution in [2.45, 2.75) is 19.3 Å². The van der Waals surface area contributed by atoms with Crippen LogP contribution in [0.5, 0.6) is 5.75 Å². The van der Waals surface area contributed by atoms with Crippen molar-refractivity contribution in [3.63, 3.8) is 0 Å². The van der Waals surface area contributed by atoms with Crippen molar-refractivity contribution in [3.05, 3.63) is 64.7 Å². The molecule has 2 aromatic carbocycles. The average molecular weight is 388 g/mol. The third-order valence-electron chi connectivity index (χ3n) is 4.58. The number of carbonyl (C=O) groups is 2. The molecule has 0 aliphatic carbocycles. The Hall–Kier alpha value is -2.53. The van der Waals surface area contributed by atoms with Gasteiger partial charge in [-0.3, -0.25) is 9.59 Å². The maximum Gasteiger partial charge on any atom is 0.313 e. The molecule has 142 valence electrons. The first-order valence-electron chi connectivity index (χ1n) is 8.92. The van der Waals surface area contributed by atoms with Gasteiger partial charge in [0.1, 0.15) is 12.4 Å². The normalized spacial score (nSPS) is 16.6. The molecule has 0 aromatic heterocycles. The molecule has 0 spiro atoms. The Morgan fingerprint density at radius 3 is 2.81 bits per heavy atom. The molecule has 1 heterocycles. The maximum absolute atomic E-state index is 12.2. The summed E-state index contributed by atoms with van der Waals surface area (Å²) in [6.45, 7) is 2.46. The van der Waals surface area contributed by atoms with E-state index >= 15 is 0 Å². The number of hydrogen-bond acceptors (Lipinski definition) is 4. The van der Waals surface area contributed by atoms with Gasteiger partial charge in [-0.25, -0.2) is 0 Å². The highest BCUT2D eigenvalue weighted by molar-refractivity contribution is 6.30. The van der Waals surface area contributed by atoms with Crippen LogP contribution < -0.4 is 10.1 Å². The number of hydrogen-bond donors (Lipinski definition) is 1. The van der Waals surface area contributed by atoms with Gasteiger partial charge >= 0.3 is 5.97 Å². The van der Waals surface area contributed by atoms with Crippen LogP contribution in [0.4, 0.5) is 0 Å². The summed E-state index contributed by atoms with van der Waals surface area (Å²) in [6.07, 6.45) is 0.487. The monoisotopic (exact) mass is 387 g/mol. The minimum Gasteiger partial charge on any atom is -0.492 e. The lowest BCUT2D eigenvalue weighted by Gasteiger charge is -2.24. The first kappa shape index (κ1) is 19.2. The van der Waals surface area contributed by atoms with E-state index in [2.05, 4.69) is 5.32 Å². The second-order valence-electron chi connectivity index (χ2n) is 6.69. The second kappa shape index (κ2) is 8.91. The fourth-order valence-corrected chi connectivity index (χ4v) is 3.18. The molecular weight excluding hydrogens is 366 g/mol. The zero-order valence-corrected chi connectivity index (χ0v) is 15.9. The van der Waals surface area contributed by atoms with Crippen molar-refractivity contribution >= 4 is 23.5 Å². The minimum absolute atomic E-state index is 0.179. The maximum atomic E-state index is 12.2. The molecule has 5 nitrogen and oxygen atoms in total. The van der Waals surface area contributed by atoms with Crippen LogP contribution in [0, 0.1) is 5.92 Å². The number of ether oxygens (including phenoxy) is 2. The summed E-state index contributed by atoms with van der Waals surface area (Å²) in [5.41, 5.74) is 2.02. The van der Waals surface area contributed by atoms with Crippen molar-refractivity contribution in [2.24, 2.45) is 5.92 Å². The first-order chi connectivity index (χ1) is 13.0. The number of carbonyl (C=O) groups excluding carboxylic acids is 2. The van der Waals surface area contributed by atoms with E-state index in [1.54, 1.807) is 18.2 Å². The van der Waals surface area contributed by atoms with Crippen molar-refractivity contribution in [1.29, 1.82) is 0 Å². The molecule has 2 aromatic rings. The fraction of sp³-hybridized carbons (Fsp3) is 0.333. The Kier molecular flexibility index (Phi) is 6.35. The minimum atomic E-state index is -0.438. The summed E-state index contributed by atoms with van der Waals surface area (Å²) >= 11 is 5.99. The Morgan fingerprint density at radius 1 is 1.26 bits per heavy atom. The number of esters is 1. The lowest BCUT2D eigenvalue weighted by molar-refractivity contribution is -0.153. The molecule has 27 heavy (non-hydrogen) atoms. The highest BCUT2D eigenvalue weighted by Crippen LogP contribution is 2.30. The molecule has 0 radical (unpaired) electrons.